The largest absolute Gasteiger partial charge is 0.444 e. The van der Waals surface area contributed by atoms with Crippen LogP contribution in [0.2, 0.25) is 0 Å². The lowest BCUT2D eigenvalue weighted by molar-refractivity contribution is 0.0220. The summed E-state index contributed by atoms with van der Waals surface area (Å²) in [4.78, 5) is 31.8. The standard InChI is InChI=1S/C28H30N4O3/c1-18-6-9-23(29-16-18)19-10-13-32(26(33)14-19)20-7-8-21-22-11-12-31(27(34)35-28(2,3)4)17-25(22)30(5)24(21)15-20/h6-10,13-16H,11-12,17H2,1-5H3. The molecule has 0 saturated carbocycles. The molecular weight excluding hydrogens is 440 g/mol. The third kappa shape index (κ3) is 4.34. The Kier molecular flexibility index (Phi) is 5.50. The van der Waals surface area contributed by atoms with Gasteiger partial charge in [0.25, 0.3) is 5.56 Å². The summed E-state index contributed by atoms with van der Waals surface area (Å²) in [6.45, 7) is 8.75. The SMILES string of the molecule is Cc1ccc(-c2ccn(-c3ccc4c5c(n(C)c4c3)CN(C(=O)OC(C)(C)C)CC5)c(=O)c2)nc1. The van der Waals surface area contributed by atoms with E-state index in [2.05, 4.69) is 15.6 Å². The lowest BCUT2D eigenvalue weighted by Crippen LogP contribution is -2.40. The lowest BCUT2D eigenvalue weighted by Gasteiger charge is -2.30. The molecule has 0 fully saturated rings. The minimum absolute atomic E-state index is 0.112. The number of fused-ring (bicyclic) bond motifs is 3. The van der Waals surface area contributed by atoms with Crippen molar-refractivity contribution in [3.63, 3.8) is 0 Å². The highest BCUT2D eigenvalue weighted by Gasteiger charge is 2.29. The zero-order valence-electron chi connectivity index (χ0n) is 20.8. The molecule has 1 aliphatic heterocycles. The van der Waals surface area contributed by atoms with Crippen molar-refractivity contribution >= 4 is 17.0 Å². The number of aromatic nitrogens is 3. The molecule has 0 saturated heterocycles. The zero-order chi connectivity index (χ0) is 24.9. The Balaban J connectivity index is 1.47. The van der Waals surface area contributed by atoms with Crippen LogP contribution in [0.1, 0.15) is 37.6 Å². The smallest absolute Gasteiger partial charge is 0.410 e. The number of aryl methyl sites for hydroxylation is 2. The van der Waals surface area contributed by atoms with Crippen LogP contribution in [0, 0.1) is 6.92 Å². The average Bonchev–Trinajstić information content (AvgIpc) is 3.09. The van der Waals surface area contributed by atoms with Crippen molar-refractivity contribution in [2.45, 2.75) is 46.3 Å². The number of hydrogen-bond acceptors (Lipinski definition) is 4. The second kappa shape index (κ2) is 8.41. The monoisotopic (exact) mass is 470 g/mol. The quantitative estimate of drug-likeness (QED) is 0.414. The second-order valence-corrected chi connectivity index (χ2v) is 10.2. The predicted octanol–water partition coefficient (Wildman–Crippen LogP) is 4.99. The average molecular weight is 471 g/mol. The first-order valence-electron chi connectivity index (χ1n) is 11.8. The van der Waals surface area contributed by atoms with Crippen molar-refractivity contribution in [2.24, 2.45) is 7.05 Å². The molecule has 0 unspecified atom stereocenters. The number of benzene rings is 1. The zero-order valence-corrected chi connectivity index (χ0v) is 20.8. The van der Waals surface area contributed by atoms with Gasteiger partial charge in [0, 0.05) is 48.7 Å². The summed E-state index contributed by atoms with van der Waals surface area (Å²) < 4.78 is 9.35. The highest BCUT2D eigenvalue weighted by molar-refractivity contribution is 5.88. The van der Waals surface area contributed by atoms with Gasteiger partial charge in [0.15, 0.2) is 0 Å². The van der Waals surface area contributed by atoms with Crippen LogP contribution in [0.3, 0.4) is 0 Å². The minimum Gasteiger partial charge on any atom is -0.444 e. The molecule has 4 heterocycles. The maximum atomic E-state index is 13.0. The molecule has 5 rings (SSSR count). The highest BCUT2D eigenvalue weighted by atomic mass is 16.6. The third-order valence-corrected chi connectivity index (χ3v) is 6.45. The van der Waals surface area contributed by atoms with Crippen molar-refractivity contribution in [1.29, 1.82) is 0 Å². The number of carbonyl (C=O) groups is 1. The van der Waals surface area contributed by atoms with Gasteiger partial charge in [0.2, 0.25) is 0 Å². The van der Waals surface area contributed by atoms with Gasteiger partial charge in [-0.15, -0.1) is 0 Å². The van der Waals surface area contributed by atoms with E-state index < -0.39 is 5.60 Å². The molecule has 0 spiro atoms. The summed E-state index contributed by atoms with van der Waals surface area (Å²) >= 11 is 0. The van der Waals surface area contributed by atoms with Crippen LogP contribution in [0.25, 0.3) is 27.8 Å². The number of nitrogens with zero attached hydrogens (tertiary/aromatic N) is 4. The van der Waals surface area contributed by atoms with E-state index in [1.54, 1.807) is 27.9 Å². The van der Waals surface area contributed by atoms with Crippen molar-refractivity contribution in [1.82, 2.24) is 19.0 Å². The molecule has 0 bridgehead atoms. The highest BCUT2D eigenvalue weighted by Crippen LogP contribution is 2.32. The van der Waals surface area contributed by atoms with Gasteiger partial charge in [-0.05, 0) is 69.5 Å². The maximum Gasteiger partial charge on any atom is 0.410 e. The van der Waals surface area contributed by atoms with Gasteiger partial charge >= 0.3 is 6.09 Å². The summed E-state index contributed by atoms with van der Waals surface area (Å²) in [7, 11) is 2.01. The molecular formula is C28H30N4O3. The number of amides is 1. The van der Waals surface area contributed by atoms with Crippen LogP contribution >= 0.6 is 0 Å². The van der Waals surface area contributed by atoms with Crippen molar-refractivity contribution in [3.8, 4) is 16.9 Å². The van der Waals surface area contributed by atoms with Crippen LogP contribution in [-0.2, 0) is 24.8 Å². The summed E-state index contributed by atoms with van der Waals surface area (Å²) in [5.41, 5.74) is 6.20. The Morgan fingerprint density at radius 1 is 1.09 bits per heavy atom. The van der Waals surface area contributed by atoms with Gasteiger partial charge in [0.1, 0.15) is 5.60 Å². The Hall–Kier alpha value is -3.87. The normalized spacial score (nSPS) is 13.7. The van der Waals surface area contributed by atoms with Gasteiger partial charge in [0.05, 0.1) is 23.4 Å². The van der Waals surface area contributed by atoms with Crippen molar-refractivity contribution in [3.05, 3.63) is 82.0 Å². The molecule has 0 aliphatic carbocycles. The summed E-state index contributed by atoms with van der Waals surface area (Å²) in [6.07, 6.45) is 4.08. The number of rotatable bonds is 2. The van der Waals surface area contributed by atoms with E-state index in [1.165, 1.54) is 5.56 Å². The molecule has 7 heteroatoms. The fourth-order valence-corrected chi connectivity index (χ4v) is 4.67. The first-order valence-corrected chi connectivity index (χ1v) is 11.8. The van der Waals surface area contributed by atoms with Gasteiger partial charge in [-0.1, -0.05) is 12.1 Å². The van der Waals surface area contributed by atoms with E-state index in [-0.39, 0.29) is 11.7 Å². The van der Waals surface area contributed by atoms with Crippen LogP contribution < -0.4 is 5.56 Å². The van der Waals surface area contributed by atoms with E-state index >= 15 is 0 Å². The first-order chi connectivity index (χ1) is 16.6. The molecule has 4 aromatic rings. The molecule has 0 atom stereocenters. The van der Waals surface area contributed by atoms with Gasteiger partial charge in [-0.25, -0.2) is 4.79 Å². The molecule has 1 aliphatic rings. The van der Waals surface area contributed by atoms with E-state index in [4.69, 9.17) is 4.74 Å². The number of carbonyl (C=O) groups excluding carboxylic acids is 1. The maximum absolute atomic E-state index is 13.0. The minimum atomic E-state index is -0.524. The number of pyridine rings is 2. The Bertz CT molecular complexity index is 1490. The van der Waals surface area contributed by atoms with Gasteiger partial charge in [-0.2, -0.15) is 0 Å². The van der Waals surface area contributed by atoms with E-state index in [0.717, 1.165) is 45.5 Å². The van der Waals surface area contributed by atoms with Gasteiger partial charge < -0.3 is 14.2 Å². The number of hydrogen-bond donors (Lipinski definition) is 0. The Morgan fingerprint density at radius 3 is 2.57 bits per heavy atom. The molecule has 35 heavy (non-hydrogen) atoms. The Labute approximate surface area is 204 Å². The van der Waals surface area contributed by atoms with Crippen LogP contribution in [0.4, 0.5) is 4.79 Å². The third-order valence-electron chi connectivity index (χ3n) is 6.45. The molecule has 1 aromatic carbocycles. The Morgan fingerprint density at radius 2 is 1.89 bits per heavy atom. The van der Waals surface area contributed by atoms with E-state index in [1.807, 2.05) is 65.1 Å². The summed E-state index contributed by atoms with van der Waals surface area (Å²) in [6, 6.07) is 13.5. The topological polar surface area (TPSA) is 69.4 Å². The molecule has 180 valence electrons. The summed E-state index contributed by atoms with van der Waals surface area (Å²) in [5, 5.41) is 1.16. The van der Waals surface area contributed by atoms with E-state index in [9.17, 15) is 9.59 Å². The van der Waals surface area contributed by atoms with E-state index in [0.29, 0.717) is 13.1 Å². The van der Waals surface area contributed by atoms with Crippen LogP contribution in [0.15, 0.2) is 59.7 Å². The molecule has 0 radical (unpaired) electrons. The van der Waals surface area contributed by atoms with Crippen LogP contribution in [-0.4, -0.2) is 37.3 Å². The van der Waals surface area contributed by atoms with Crippen LogP contribution in [0.5, 0.6) is 0 Å². The fourth-order valence-electron chi connectivity index (χ4n) is 4.67. The molecule has 7 nitrogen and oxygen atoms in total. The molecule has 3 aromatic heterocycles. The molecule has 1 amide bonds. The van der Waals surface area contributed by atoms with Gasteiger partial charge in [-0.3, -0.25) is 14.3 Å². The second-order valence-electron chi connectivity index (χ2n) is 10.2. The van der Waals surface area contributed by atoms with Crippen molar-refractivity contribution in [2.75, 3.05) is 6.54 Å². The summed E-state index contributed by atoms with van der Waals surface area (Å²) in [5.74, 6) is 0. The fraction of sp³-hybridized carbons (Fsp3) is 0.321. The number of ether oxygens (including phenoxy) is 1. The molecule has 0 N–H and O–H groups in total. The predicted molar refractivity (Wildman–Crippen MR) is 137 cm³/mol. The van der Waals surface area contributed by atoms with Crippen molar-refractivity contribution < 1.29 is 9.53 Å². The lowest BCUT2D eigenvalue weighted by atomic mass is 10.0. The first kappa shape index (κ1) is 22.9.